The fraction of sp³-hybridized carbons (Fsp3) is 0.182. The second-order valence-electron chi connectivity index (χ2n) is 2.92. The van der Waals surface area contributed by atoms with Crippen molar-refractivity contribution >= 4 is 0 Å². The summed E-state index contributed by atoms with van der Waals surface area (Å²) in [7, 11) is 0. The Bertz CT molecular complexity index is 359. The van der Waals surface area contributed by atoms with Crippen molar-refractivity contribution in [1.82, 2.24) is 0 Å². The Labute approximate surface area is 77.1 Å². The Morgan fingerprint density at radius 1 is 1.31 bits per heavy atom. The van der Waals surface area contributed by atoms with Crippen LogP contribution < -0.4 is 0 Å². The minimum atomic E-state index is 0.0766. The standard InChI is InChI=1S/C11H9NO/c12-8-9-3-5-10(6-4-9)11-2-1-7-13-11/h1-6,11H,7H2/t11-/m0/s1. The van der Waals surface area contributed by atoms with Crippen LogP contribution in [0.3, 0.4) is 0 Å². The third kappa shape index (κ3) is 1.61. The minimum Gasteiger partial charge on any atom is -0.365 e. The molecule has 1 aromatic carbocycles. The van der Waals surface area contributed by atoms with Gasteiger partial charge in [-0.3, -0.25) is 0 Å². The van der Waals surface area contributed by atoms with E-state index >= 15 is 0 Å². The van der Waals surface area contributed by atoms with Crippen molar-refractivity contribution in [1.29, 1.82) is 5.26 Å². The van der Waals surface area contributed by atoms with Crippen LogP contribution in [0.25, 0.3) is 0 Å². The molecule has 0 radical (unpaired) electrons. The predicted octanol–water partition coefficient (Wildman–Crippen LogP) is 2.19. The van der Waals surface area contributed by atoms with E-state index in [1.807, 2.05) is 36.4 Å². The van der Waals surface area contributed by atoms with Crippen LogP contribution in [0.15, 0.2) is 36.4 Å². The predicted molar refractivity (Wildman–Crippen MR) is 49.0 cm³/mol. The van der Waals surface area contributed by atoms with Crippen molar-refractivity contribution in [2.24, 2.45) is 0 Å². The fourth-order valence-electron chi connectivity index (χ4n) is 1.35. The van der Waals surface area contributed by atoms with E-state index < -0.39 is 0 Å². The van der Waals surface area contributed by atoms with Gasteiger partial charge in [-0.2, -0.15) is 5.26 Å². The van der Waals surface area contributed by atoms with Crippen LogP contribution in [0, 0.1) is 11.3 Å². The summed E-state index contributed by atoms with van der Waals surface area (Å²) in [5.41, 5.74) is 1.79. The molecule has 0 N–H and O–H groups in total. The topological polar surface area (TPSA) is 33.0 Å². The maximum atomic E-state index is 8.60. The van der Waals surface area contributed by atoms with Gasteiger partial charge in [0, 0.05) is 0 Å². The third-order valence-corrected chi connectivity index (χ3v) is 2.05. The zero-order valence-corrected chi connectivity index (χ0v) is 7.10. The summed E-state index contributed by atoms with van der Waals surface area (Å²) >= 11 is 0. The Morgan fingerprint density at radius 3 is 2.62 bits per heavy atom. The molecule has 64 valence electrons. The highest BCUT2D eigenvalue weighted by atomic mass is 16.5. The lowest BCUT2D eigenvalue weighted by molar-refractivity contribution is 0.129. The van der Waals surface area contributed by atoms with E-state index in [4.69, 9.17) is 10.00 Å². The highest BCUT2D eigenvalue weighted by Gasteiger charge is 2.11. The Kier molecular flexibility index (Phi) is 2.11. The number of hydrogen-bond acceptors (Lipinski definition) is 2. The first-order chi connectivity index (χ1) is 6.40. The second-order valence-corrected chi connectivity index (χ2v) is 2.92. The van der Waals surface area contributed by atoms with Crippen LogP contribution in [-0.4, -0.2) is 6.61 Å². The summed E-state index contributed by atoms with van der Waals surface area (Å²) in [4.78, 5) is 0. The SMILES string of the molecule is N#Cc1ccc([C@@H]2C=CCO2)cc1. The summed E-state index contributed by atoms with van der Waals surface area (Å²) < 4.78 is 5.42. The van der Waals surface area contributed by atoms with Crippen molar-refractivity contribution in [2.75, 3.05) is 6.61 Å². The van der Waals surface area contributed by atoms with Gasteiger partial charge in [-0.15, -0.1) is 0 Å². The minimum absolute atomic E-state index is 0.0766. The van der Waals surface area contributed by atoms with Crippen molar-refractivity contribution < 1.29 is 4.74 Å². The maximum absolute atomic E-state index is 8.60. The van der Waals surface area contributed by atoms with E-state index in [0.717, 1.165) is 5.56 Å². The van der Waals surface area contributed by atoms with Crippen LogP contribution in [0.4, 0.5) is 0 Å². The average molecular weight is 171 g/mol. The van der Waals surface area contributed by atoms with Crippen molar-refractivity contribution in [2.45, 2.75) is 6.10 Å². The normalized spacial score (nSPS) is 20.1. The molecule has 0 unspecified atom stereocenters. The largest absolute Gasteiger partial charge is 0.365 e. The highest BCUT2D eigenvalue weighted by Crippen LogP contribution is 2.22. The van der Waals surface area contributed by atoms with E-state index in [-0.39, 0.29) is 6.10 Å². The van der Waals surface area contributed by atoms with Gasteiger partial charge in [0.1, 0.15) is 6.10 Å². The summed E-state index contributed by atoms with van der Waals surface area (Å²) in [6.07, 6.45) is 4.11. The van der Waals surface area contributed by atoms with E-state index in [9.17, 15) is 0 Å². The first-order valence-corrected chi connectivity index (χ1v) is 4.18. The molecule has 0 fully saturated rings. The molecule has 0 aromatic heterocycles. The molecular formula is C11H9NO. The second kappa shape index (κ2) is 3.42. The van der Waals surface area contributed by atoms with Crippen molar-refractivity contribution in [3.05, 3.63) is 47.5 Å². The monoisotopic (exact) mass is 171 g/mol. The number of ether oxygens (including phenoxy) is 1. The zero-order valence-electron chi connectivity index (χ0n) is 7.10. The maximum Gasteiger partial charge on any atom is 0.101 e. The molecule has 0 spiro atoms. The van der Waals surface area contributed by atoms with Gasteiger partial charge in [-0.1, -0.05) is 24.3 Å². The Hall–Kier alpha value is -1.59. The first kappa shape index (κ1) is 8.03. The number of rotatable bonds is 1. The van der Waals surface area contributed by atoms with Crippen LogP contribution >= 0.6 is 0 Å². The molecule has 1 aliphatic heterocycles. The lowest BCUT2D eigenvalue weighted by Crippen LogP contribution is -1.95. The molecule has 0 aliphatic carbocycles. The molecule has 0 bridgehead atoms. The third-order valence-electron chi connectivity index (χ3n) is 2.05. The van der Waals surface area contributed by atoms with Gasteiger partial charge in [0.25, 0.3) is 0 Å². The molecule has 0 amide bonds. The first-order valence-electron chi connectivity index (χ1n) is 4.18. The van der Waals surface area contributed by atoms with E-state index in [1.165, 1.54) is 0 Å². The quantitative estimate of drug-likeness (QED) is 0.607. The van der Waals surface area contributed by atoms with E-state index in [2.05, 4.69) is 6.07 Å². The van der Waals surface area contributed by atoms with Gasteiger partial charge in [-0.05, 0) is 17.7 Å². The lowest BCUT2D eigenvalue weighted by atomic mass is 10.1. The Morgan fingerprint density at radius 2 is 2.08 bits per heavy atom. The molecule has 1 aromatic rings. The van der Waals surface area contributed by atoms with Crippen molar-refractivity contribution in [3.63, 3.8) is 0 Å². The molecule has 2 heteroatoms. The number of benzene rings is 1. The van der Waals surface area contributed by atoms with Crippen LogP contribution in [0.2, 0.25) is 0 Å². The van der Waals surface area contributed by atoms with Crippen LogP contribution in [0.5, 0.6) is 0 Å². The van der Waals surface area contributed by atoms with Crippen LogP contribution in [-0.2, 0) is 4.74 Å². The van der Waals surface area contributed by atoms with E-state index in [0.29, 0.717) is 12.2 Å². The lowest BCUT2D eigenvalue weighted by Gasteiger charge is -2.07. The molecular weight excluding hydrogens is 162 g/mol. The number of nitrogens with zero attached hydrogens (tertiary/aromatic N) is 1. The molecule has 13 heavy (non-hydrogen) atoms. The highest BCUT2D eigenvalue weighted by molar-refractivity contribution is 5.33. The van der Waals surface area contributed by atoms with E-state index in [1.54, 1.807) is 0 Å². The molecule has 2 nitrogen and oxygen atoms in total. The van der Waals surface area contributed by atoms with Gasteiger partial charge in [0.05, 0.1) is 18.2 Å². The number of nitriles is 1. The van der Waals surface area contributed by atoms with Gasteiger partial charge in [-0.25, -0.2) is 0 Å². The molecule has 1 aliphatic rings. The summed E-state index contributed by atoms with van der Waals surface area (Å²) in [6, 6.07) is 9.57. The van der Waals surface area contributed by atoms with Crippen LogP contribution in [0.1, 0.15) is 17.2 Å². The van der Waals surface area contributed by atoms with Gasteiger partial charge in [0.2, 0.25) is 0 Å². The van der Waals surface area contributed by atoms with Crippen molar-refractivity contribution in [3.8, 4) is 6.07 Å². The summed E-state index contributed by atoms with van der Waals surface area (Å²) in [5.74, 6) is 0. The van der Waals surface area contributed by atoms with Gasteiger partial charge >= 0.3 is 0 Å². The molecule has 2 rings (SSSR count). The number of hydrogen-bond donors (Lipinski definition) is 0. The zero-order chi connectivity index (χ0) is 9.10. The summed E-state index contributed by atoms with van der Waals surface area (Å²) in [5, 5.41) is 8.60. The molecule has 1 atom stereocenters. The van der Waals surface area contributed by atoms with Gasteiger partial charge < -0.3 is 4.74 Å². The Balaban J connectivity index is 2.23. The summed E-state index contributed by atoms with van der Waals surface area (Å²) in [6.45, 7) is 0.685. The fourth-order valence-corrected chi connectivity index (χ4v) is 1.35. The molecule has 1 heterocycles. The van der Waals surface area contributed by atoms with Gasteiger partial charge in [0.15, 0.2) is 0 Å². The smallest absolute Gasteiger partial charge is 0.101 e. The average Bonchev–Trinajstić information content (AvgIpc) is 2.71. The molecule has 0 saturated carbocycles. The molecule has 0 saturated heterocycles.